The van der Waals surface area contributed by atoms with Gasteiger partial charge in [-0.25, -0.2) is 0 Å². The molecule has 1 unspecified atom stereocenters. The van der Waals surface area contributed by atoms with E-state index >= 15 is 0 Å². The van der Waals surface area contributed by atoms with Crippen molar-refractivity contribution in [1.29, 1.82) is 0 Å². The van der Waals surface area contributed by atoms with Gasteiger partial charge in [0, 0.05) is 26.1 Å². The van der Waals surface area contributed by atoms with Gasteiger partial charge in [0.05, 0.1) is 5.60 Å². The zero-order valence-electron chi connectivity index (χ0n) is 12.8. The minimum atomic E-state index is -0.616. The Morgan fingerprint density at radius 1 is 1.37 bits per heavy atom. The molecule has 0 aromatic carbocycles. The first-order valence-corrected chi connectivity index (χ1v) is 7.26. The quantitative estimate of drug-likeness (QED) is 0.716. The zero-order valence-corrected chi connectivity index (χ0v) is 12.8. The molecule has 1 fully saturated rings. The third-order valence-corrected chi connectivity index (χ3v) is 4.01. The number of nitrogens with one attached hydrogen (secondary N) is 1. The van der Waals surface area contributed by atoms with Crippen LogP contribution in [-0.4, -0.2) is 54.7 Å². The molecule has 0 radical (unpaired) electrons. The van der Waals surface area contributed by atoms with Crippen LogP contribution in [0.2, 0.25) is 0 Å². The number of amides is 1. The maximum absolute atomic E-state index is 11.9. The molecule has 0 aromatic rings. The van der Waals surface area contributed by atoms with Gasteiger partial charge >= 0.3 is 0 Å². The molecule has 0 aliphatic carbocycles. The van der Waals surface area contributed by atoms with Crippen molar-refractivity contribution >= 4 is 5.91 Å². The molecule has 5 nitrogen and oxygen atoms in total. The molecule has 19 heavy (non-hydrogen) atoms. The summed E-state index contributed by atoms with van der Waals surface area (Å²) >= 11 is 0. The summed E-state index contributed by atoms with van der Waals surface area (Å²) in [5, 5.41) is 3.39. The molecule has 1 aliphatic heterocycles. The number of primary amides is 1. The molecule has 0 saturated carbocycles. The predicted octanol–water partition coefficient (Wildman–Crippen LogP) is 0.731. The smallest absolute Gasteiger partial charge is 0.237 e. The molecule has 1 heterocycles. The molecular weight excluding hydrogens is 242 g/mol. The third-order valence-electron chi connectivity index (χ3n) is 4.01. The normalized spacial score (nSPS) is 26.6. The highest BCUT2D eigenvalue weighted by Crippen LogP contribution is 2.31. The van der Waals surface area contributed by atoms with Crippen LogP contribution in [0.15, 0.2) is 0 Å². The van der Waals surface area contributed by atoms with Gasteiger partial charge in [-0.1, -0.05) is 13.8 Å². The lowest BCUT2D eigenvalue weighted by Gasteiger charge is -2.43. The first-order chi connectivity index (χ1) is 8.85. The SMILES string of the molecule is CCN(CC)CCNC1(C(N)=O)CCOC(C)(C)C1. The van der Waals surface area contributed by atoms with Crippen molar-refractivity contribution in [3.63, 3.8) is 0 Å². The summed E-state index contributed by atoms with van der Waals surface area (Å²) < 4.78 is 5.68. The van der Waals surface area contributed by atoms with E-state index in [0.29, 0.717) is 19.4 Å². The minimum absolute atomic E-state index is 0.261. The first-order valence-electron chi connectivity index (χ1n) is 7.26. The maximum atomic E-state index is 11.9. The van der Waals surface area contributed by atoms with Gasteiger partial charge < -0.3 is 20.7 Å². The van der Waals surface area contributed by atoms with Crippen molar-refractivity contribution in [1.82, 2.24) is 10.2 Å². The molecule has 5 heteroatoms. The lowest BCUT2D eigenvalue weighted by Crippen LogP contribution is -2.62. The van der Waals surface area contributed by atoms with Crippen LogP contribution in [0.1, 0.15) is 40.5 Å². The van der Waals surface area contributed by atoms with E-state index in [4.69, 9.17) is 10.5 Å². The Morgan fingerprint density at radius 2 is 2.00 bits per heavy atom. The van der Waals surface area contributed by atoms with Crippen molar-refractivity contribution in [3.8, 4) is 0 Å². The van der Waals surface area contributed by atoms with Crippen molar-refractivity contribution in [2.75, 3.05) is 32.8 Å². The van der Waals surface area contributed by atoms with Gasteiger partial charge in [0.15, 0.2) is 0 Å². The minimum Gasteiger partial charge on any atom is -0.375 e. The van der Waals surface area contributed by atoms with E-state index in [1.807, 2.05) is 13.8 Å². The monoisotopic (exact) mass is 271 g/mol. The Morgan fingerprint density at radius 3 is 2.47 bits per heavy atom. The molecular formula is C14H29N3O2. The number of ether oxygens (including phenoxy) is 1. The molecule has 1 amide bonds. The Kier molecular flexibility index (Phi) is 5.77. The van der Waals surface area contributed by atoms with E-state index in [9.17, 15) is 4.79 Å². The molecule has 112 valence electrons. The molecule has 0 aromatic heterocycles. The standard InChI is InChI=1S/C14H29N3O2/c1-5-17(6-2)9-8-16-14(12(15)18)7-10-19-13(3,4)11-14/h16H,5-11H2,1-4H3,(H2,15,18). The van der Waals surface area contributed by atoms with E-state index in [0.717, 1.165) is 26.2 Å². The summed E-state index contributed by atoms with van der Waals surface area (Å²) in [7, 11) is 0. The highest BCUT2D eigenvalue weighted by molar-refractivity contribution is 5.85. The molecule has 1 saturated heterocycles. The van der Waals surface area contributed by atoms with Crippen LogP contribution in [0.25, 0.3) is 0 Å². The van der Waals surface area contributed by atoms with Crippen LogP contribution in [-0.2, 0) is 9.53 Å². The van der Waals surface area contributed by atoms with Gasteiger partial charge in [0.25, 0.3) is 0 Å². The highest BCUT2D eigenvalue weighted by atomic mass is 16.5. The van der Waals surface area contributed by atoms with Gasteiger partial charge in [0.1, 0.15) is 5.54 Å². The van der Waals surface area contributed by atoms with E-state index in [1.165, 1.54) is 0 Å². The Bertz CT molecular complexity index is 303. The second kappa shape index (κ2) is 6.68. The maximum Gasteiger partial charge on any atom is 0.237 e. The van der Waals surface area contributed by atoms with Crippen molar-refractivity contribution in [2.45, 2.75) is 51.7 Å². The fourth-order valence-corrected chi connectivity index (χ4v) is 2.81. The fourth-order valence-electron chi connectivity index (χ4n) is 2.81. The van der Waals surface area contributed by atoms with Crippen LogP contribution in [0.5, 0.6) is 0 Å². The van der Waals surface area contributed by atoms with Crippen LogP contribution in [0.3, 0.4) is 0 Å². The van der Waals surface area contributed by atoms with Gasteiger partial charge in [-0.15, -0.1) is 0 Å². The number of likely N-dealkylation sites (N-methyl/N-ethyl adjacent to an activating group) is 1. The van der Waals surface area contributed by atoms with Gasteiger partial charge in [0.2, 0.25) is 5.91 Å². The fraction of sp³-hybridized carbons (Fsp3) is 0.929. The molecule has 0 spiro atoms. The Hall–Kier alpha value is -0.650. The molecule has 0 bridgehead atoms. The number of hydrogen-bond acceptors (Lipinski definition) is 4. The Balaban J connectivity index is 2.60. The number of nitrogens with zero attached hydrogens (tertiary/aromatic N) is 1. The summed E-state index contributed by atoms with van der Waals surface area (Å²) in [6.45, 7) is 12.6. The molecule has 3 N–H and O–H groups in total. The highest BCUT2D eigenvalue weighted by Gasteiger charge is 2.44. The van der Waals surface area contributed by atoms with E-state index < -0.39 is 5.54 Å². The van der Waals surface area contributed by atoms with Crippen LogP contribution < -0.4 is 11.1 Å². The number of carbonyl (C=O) groups is 1. The molecule has 1 atom stereocenters. The summed E-state index contributed by atoms with van der Waals surface area (Å²) in [6.07, 6.45) is 1.29. The van der Waals surface area contributed by atoms with Crippen molar-refractivity contribution in [2.24, 2.45) is 5.73 Å². The third kappa shape index (κ3) is 4.44. The first kappa shape index (κ1) is 16.4. The second-order valence-corrected chi connectivity index (χ2v) is 5.93. The van der Waals surface area contributed by atoms with Crippen LogP contribution in [0, 0.1) is 0 Å². The van der Waals surface area contributed by atoms with Crippen LogP contribution >= 0.6 is 0 Å². The average molecular weight is 271 g/mol. The summed E-state index contributed by atoms with van der Waals surface area (Å²) in [4.78, 5) is 14.2. The lowest BCUT2D eigenvalue weighted by atomic mass is 9.80. The number of carbonyl (C=O) groups excluding carboxylic acids is 1. The average Bonchev–Trinajstić information content (AvgIpc) is 2.33. The van der Waals surface area contributed by atoms with E-state index in [1.54, 1.807) is 0 Å². The van der Waals surface area contributed by atoms with E-state index in [-0.39, 0.29) is 11.5 Å². The van der Waals surface area contributed by atoms with Gasteiger partial charge in [-0.05, 0) is 33.4 Å². The zero-order chi connectivity index (χ0) is 14.5. The molecule has 1 aliphatic rings. The largest absolute Gasteiger partial charge is 0.375 e. The Labute approximate surface area is 116 Å². The van der Waals surface area contributed by atoms with Crippen molar-refractivity contribution < 1.29 is 9.53 Å². The lowest BCUT2D eigenvalue weighted by molar-refractivity contribution is -0.138. The second-order valence-electron chi connectivity index (χ2n) is 5.93. The van der Waals surface area contributed by atoms with Gasteiger partial charge in [-0.3, -0.25) is 4.79 Å². The number of rotatable bonds is 7. The predicted molar refractivity (Wildman–Crippen MR) is 77.0 cm³/mol. The topological polar surface area (TPSA) is 67.6 Å². The van der Waals surface area contributed by atoms with E-state index in [2.05, 4.69) is 24.1 Å². The summed E-state index contributed by atoms with van der Waals surface area (Å²) in [5.74, 6) is -0.261. The number of nitrogens with two attached hydrogens (primary N) is 1. The van der Waals surface area contributed by atoms with Crippen LogP contribution in [0.4, 0.5) is 0 Å². The van der Waals surface area contributed by atoms with Crippen molar-refractivity contribution in [3.05, 3.63) is 0 Å². The molecule has 1 rings (SSSR count). The summed E-state index contributed by atoms with van der Waals surface area (Å²) in [5.41, 5.74) is 4.72. The number of hydrogen-bond donors (Lipinski definition) is 2. The van der Waals surface area contributed by atoms with Gasteiger partial charge in [-0.2, -0.15) is 0 Å². The summed E-state index contributed by atoms with van der Waals surface area (Å²) in [6, 6.07) is 0.